The monoisotopic (exact) mass is 1310 g/mol. The third-order valence-corrected chi connectivity index (χ3v) is 20.5. The van der Waals surface area contributed by atoms with E-state index in [1.54, 1.807) is 0 Å². The van der Waals surface area contributed by atoms with Crippen LogP contribution >= 0.6 is 7.82 Å². The summed E-state index contributed by atoms with van der Waals surface area (Å²) in [6.45, 7) is 3.86. The Hall–Kier alpha value is -0.990. The predicted octanol–water partition coefficient (Wildman–Crippen LogP) is 27.7. The molecular formula is C81H162NO8P. The van der Waals surface area contributed by atoms with E-state index in [2.05, 4.69) is 13.8 Å². The molecule has 1 unspecified atom stereocenters. The number of unbranched alkanes of at least 4 members (excludes halogenated alkanes) is 68. The number of rotatable bonds is 81. The number of carbonyl (C=O) groups is 2. The van der Waals surface area contributed by atoms with Crippen LogP contribution < -0.4 is 5.73 Å². The summed E-state index contributed by atoms with van der Waals surface area (Å²) < 4.78 is 33.3. The van der Waals surface area contributed by atoms with Gasteiger partial charge in [0, 0.05) is 19.4 Å². The average Bonchev–Trinajstić information content (AvgIpc) is 3.74. The molecular weight excluding hydrogens is 1150 g/mol. The van der Waals surface area contributed by atoms with E-state index in [4.69, 9.17) is 24.3 Å². The minimum Gasteiger partial charge on any atom is -0.462 e. The van der Waals surface area contributed by atoms with Crippen molar-refractivity contribution >= 4 is 19.8 Å². The molecule has 0 aromatic rings. The lowest BCUT2D eigenvalue weighted by Gasteiger charge is -2.19. The number of ether oxygens (including phenoxy) is 2. The molecule has 9 nitrogen and oxygen atoms in total. The Morgan fingerprint density at radius 1 is 0.286 bits per heavy atom. The summed E-state index contributed by atoms with van der Waals surface area (Å²) in [5.74, 6) is -0.793. The molecule has 91 heavy (non-hydrogen) atoms. The van der Waals surface area contributed by atoms with Crippen molar-refractivity contribution in [2.75, 3.05) is 26.4 Å². The van der Waals surface area contributed by atoms with Gasteiger partial charge in [-0.3, -0.25) is 18.6 Å². The van der Waals surface area contributed by atoms with Crippen LogP contribution in [0.1, 0.15) is 476 Å². The molecule has 0 saturated heterocycles. The molecule has 0 aromatic heterocycles. The van der Waals surface area contributed by atoms with E-state index >= 15 is 0 Å². The topological polar surface area (TPSA) is 134 Å². The number of esters is 2. The molecule has 0 amide bonds. The second-order valence-electron chi connectivity index (χ2n) is 28.7. The first-order chi connectivity index (χ1) is 44.8. The third-order valence-electron chi connectivity index (χ3n) is 19.5. The second-order valence-corrected chi connectivity index (χ2v) is 30.2. The highest BCUT2D eigenvalue weighted by Gasteiger charge is 2.26. The van der Waals surface area contributed by atoms with Crippen molar-refractivity contribution in [1.29, 1.82) is 0 Å². The van der Waals surface area contributed by atoms with Crippen LogP contribution in [0.15, 0.2) is 0 Å². The Bertz CT molecular complexity index is 1450. The first-order valence-electron chi connectivity index (χ1n) is 41.5. The normalized spacial score (nSPS) is 12.7. The number of carbonyl (C=O) groups excluding carboxylic acids is 2. The van der Waals surface area contributed by atoms with E-state index in [0.29, 0.717) is 12.8 Å². The van der Waals surface area contributed by atoms with Crippen molar-refractivity contribution in [3.8, 4) is 0 Å². The minimum absolute atomic E-state index is 0.0590. The van der Waals surface area contributed by atoms with Crippen LogP contribution in [0, 0.1) is 0 Å². The average molecular weight is 1310 g/mol. The number of phosphoric ester groups is 1. The molecule has 2 atom stereocenters. The molecule has 0 radical (unpaired) electrons. The molecule has 0 aliphatic rings. The van der Waals surface area contributed by atoms with Gasteiger partial charge in [0.25, 0.3) is 0 Å². The molecule has 544 valence electrons. The number of nitrogens with two attached hydrogens (primary N) is 1. The van der Waals surface area contributed by atoms with Crippen molar-refractivity contribution in [3.63, 3.8) is 0 Å². The van der Waals surface area contributed by atoms with Gasteiger partial charge in [0.05, 0.1) is 13.2 Å². The Morgan fingerprint density at radius 2 is 0.473 bits per heavy atom. The molecule has 0 aliphatic carbocycles. The van der Waals surface area contributed by atoms with Crippen LogP contribution in [0.4, 0.5) is 0 Å². The van der Waals surface area contributed by atoms with Crippen LogP contribution in [0.25, 0.3) is 0 Å². The minimum atomic E-state index is -4.39. The Labute approximate surface area is 568 Å². The molecule has 0 rings (SSSR count). The Kier molecular flexibility index (Phi) is 77.2. The lowest BCUT2D eigenvalue weighted by atomic mass is 10.0. The van der Waals surface area contributed by atoms with Crippen LogP contribution in [0.2, 0.25) is 0 Å². The first kappa shape index (κ1) is 90.0. The maximum Gasteiger partial charge on any atom is 0.472 e. The maximum absolute atomic E-state index is 12.8. The third kappa shape index (κ3) is 77.9. The molecule has 0 aromatic carbocycles. The summed E-state index contributed by atoms with van der Waals surface area (Å²) in [4.78, 5) is 35.5. The molecule has 0 fully saturated rings. The van der Waals surface area contributed by atoms with Crippen molar-refractivity contribution in [2.45, 2.75) is 482 Å². The highest BCUT2D eigenvalue weighted by Crippen LogP contribution is 2.43. The van der Waals surface area contributed by atoms with E-state index < -0.39 is 26.5 Å². The number of hydrogen-bond acceptors (Lipinski definition) is 8. The molecule has 10 heteroatoms. The smallest absolute Gasteiger partial charge is 0.462 e. The molecule has 0 aliphatic heterocycles. The van der Waals surface area contributed by atoms with Gasteiger partial charge in [-0.15, -0.1) is 0 Å². The van der Waals surface area contributed by atoms with Gasteiger partial charge in [0.1, 0.15) is 6.61 Å². The number of hydrogen-bond donors (Lipinski definition) is 2. The van der Waals surface area contributed by atoms with Crippen molar-refractivity contribution in [3.05, 3.63) is 0 Å². The zero-order chi connectivity index (χ0) is 65.8. The summed E-state index contributed by atoms with van der Waals surface area (Å²) in [5.41, 5.74) is 5.42. The highest BCUT2D eigenvalue weighted by atomic mass is 31.2. The van der Waals surface area contributed by atoms with Gasteiger partial charge in [-0.05, 0) is 12.8 Å². The van der Waals surface area contributed by atoms with Crippen molar-refractivity contribution in [1.82, 2.24) is 0 Å². The fraction of sp³-hybridized carbons (Fsp3) is 0.975. The SMILES string of the molecule is CCCCCCCCCCCCCCCCCCCCCCCCCCCCCCCCCCCCCC(=O)OC[C@H](COP(=O)(O)OCCN)OC(=O)CCCCCCCCCCCCCCCCCCCCCCCCCCCCCCCCCCCCC. The first-order valence-corrected chi connectivity index (χ1v) is 43.0. The van der Waals surface area contributed by atoms with Gasteiger partial charge in [-0.2, -0.15) is 0 Å². The predicted molar refractivity (Wildman–Crippen MR) is 395 cm³/mol. The summed E-state index contributed by atoms with van der Waals surface area (Å²) >= 11 is 0. The quantitative estimate of drug-likeness (QED) is 0.0347. The standard InChI is InChI=1S/C81H162NO8P/c1-3-5-7-9-11-13-15-17-19-21-23-25-27-29-31-33-35-37-39-41-43-45-47-49-51-53-55-57-59-61-63-65-67-69-71-73-80(83)87-77-79(78-89-91(85,86)88-76-75-82)90-81(84)74-72-70-68-66-64-62-60-58-56-54-52-50-48-46-44-42-40-38-36-34-32-30-28-26-24-22-20-18-16-14-12-10-8-6-4-2/h79H,3-78,82H2,1-2H3,(H,85,86)/t79-/m1/s1. The summed E-state index contributed by atoms with van der Waals surface area (Å²) in [6.07, 6.45) is 95.6. The van der Waals surface area contributed by atoms with Crippen LogP contribution in [0.3, 0.4) is 0 Å². The maximum atomic E-state index is 12.8. The van der Waals surface area contributed by atoms with E-state index in [0.717, 1.165) is 32.1 Å². The van der Waals surface area contributed by atoms with Gasteiger partial charge >= 0.3 is 19.8 Å². The van der Waals surface area contributed by atoms with Gasteiger partial charge in [-0.25, -0.2) is 4.57 Å². The van der Waals surface area contributed by atoms with E-state index in [1.807, 2.05) is 0 Å². The molecule has 0 bridgehead atoms. The largest absolute Gasteiger partial charge is 0.472 e. The highest BCUT2D eigenvalue weighted by molar-refractivity contribution is 7.47. The zero-order valence-electron chi connectivity index (χ0n) is 61.6. The molecule has 3 N–H and O–H groups in total. The van der Waals surface area contributed by atoms with Gasteiger partial charge < -0.3 is 20.1 Å². The fourth-order valence-corrected chi connectivity index (χ4v) is 14.1. The number of phosphoric acid groups is 1. The molecule has 0 saturated carbocycles. The van der Waals surface area contributed by atoms with Gasteiger partial charge in [0.2, 0.25) is 0 Å². The van der Waals surface area contributed by atoms with Crippen LogP contribution in [0.5, 0.6) is 0 Å². The van der Waals surface area contributed by atoms with Gasteiger partial charge in [-0.1, -0.05) is 450 Å². The molecule has 0 spiro atoms. The van der Waals surface area contributed by atoms with Crippen LogP contribution in [-0.2, 0) is 32.7 Å². The van der Waals surface area contributed by atoms with E-state index in [-0.39, 0.29) is 32.1 Å². The fourth-order valence-electron chi connectivity index (χ4n) is 13.4. The summed E-state index contributed by atoms with van der Waals surface area (Å²) in [6, 6.07) is 0. The Morgan fingerprint density at radius 3 is 0.670 bits per heavy atom. The van der Waals surface area contributed by atoms with Crippen molar-refractivity contribution < 1.29 is 37.6 Å². The van der Waals surface area contributed by atoms with Crippen molar-refractivity contribution in [2.24, 2.45) is 5.73 Å². The lowest BCUT2D eigenvalue weighted by molar-refractivity contribution is -0.161. The molecule has 0 heterocycles. The summed E-state index contributed by atoms with van der Waals surface area (Å²) in [7, 11) is -4.39. The lowest BCUT2D eigenvalue weighted by Crippen LogP contribution is -2.29. The van der Waals surface area contributed by atoms with E-state index in [1.165, 1.54) is 411 Å². The zero-order valence-corrected chi connectivity index (χ0v) is 62.5. The van der Waals surface area contributed by atoms with Gasteiger partial charge in [0.15, 0.2) is 6.10 Å². The van der Waals surface area contributed by atoms with E-state index in [9.17, 15) is 19.0 Å². The van der Waals surface area contributed by atoms with Crippen LogP contribution in [-0.4, -0.2) is 49.3 Å². The summed E-state index contributed by atoms with van der Waals surface area (Å²) in [5, 5.41) is 0. The second kappa shape index (κ2) is 78.0. The Balaban J connectivity index is 3.71.